The van der Waals surface area contributed by atoms with Crippen LogP contribution in [0.2, 0.25) is 0 Å². The molecule has 1 unspecified atom stereocenters. The molecular weight excluding hydrogens is 216 g/mol. The number of carbonyl (C=O) groups excluding carboxylic acids is 1. The standard InChI is InChI=1S/C13H20N2O2/c1-12(2)8-9(13(3,4)17-12)10(16)11-14-6-7-15(11)5/h6-7,9H,8H2,1-5H3. The van der Waals surface area contributed by atoms with Crippen LogP contribution in [0.4, 0.5) is 0 Å². The Morgan fingerprint density at radius 1 is 1.47 bits per heavy atom. The first kappa shape index (κ1) is 12.3. The van der Waals surface area contributed by atoms with Gasteiger partial charge in [-0.15, -0.1) is 0 Å². The fraction of sp³-hybridized carbons (Fsp3) is 0.692. The molecule has 2 rings (SSSR count). The van der Waals surface area contributed by atoms with Crippen LogP contribution >= 0.6 is 0 Å². The van der Waals surface area contributed by atoms with Crippen LogP contribution in [0.3, 0.4) is 0 Å². The van der Waals surface area contributed by atoms with Crippen molar-refractivity contribution in [1.82, 2.24) is 9.55 Å². The van der Waals surface area contributed by atoms with Crippen LogP contribution in [0.1, 0.15) is 44.7 Å². The Labute approximate surface area is 102 Å². The highest BCUT2D eigenvalue weighted by atomic mass is 16.5. The molecule has 1 atom stereocenters. The second-order valence-electron chi connectivity index (χ2n) is 5.95. The number of ketones is 1. The molecular formula is C13H20N2O2. The Hall–Kier alpha value is -1.16. The predicted octanol–water partition coefficient (Wildman–Crippen LogP) is 2.20. The summed E-state index contributed by atoms with van der Waals surface area (Å²) in [5.74, 6) is 0.469. The Kier molecular flexibility index (Phi) is 2.65. The van der Waals surface area contributed by atoms with Crippen molar-refractivity contribution in [3.63, 3.8) is 0 Å². The number of hydrogen-bond donors (Lipinski definition) is 0. The Balaban J connectivity index is 2.30. The molecule has 1 aliphatic heterocycles. The molecule has 4 nitrogen and oxygen atoms in total. The summed E-state index contributed by atoms with van der Waals surface area (Å²) in [5, 5.41) is 0. The molecule has 0 amide bonds. The van der Waals surface area contributed by atoms with Crippen LogP contribution < -0.4 is 0 Å². The van der Waals surface area contributed by atoms with Gasteiger partial charge in [-0.1, -0.05) is 0 Å². The van der Waals surface area contributed by atoms with E-state index < -0.39 is 5.60 Å². The minimum absolute atomic E-state index is 0.0769. The van der Waals surface area contributed by atoms with Gasteiger partial charge in [0.2, 0.25) is 5.78 Å². The lowest BCUT2D eigenvalue weighted by atomic mass is 9.84. The second-order valence-corrected chi connectivity index (χ2v) is 5.95. The summed E-state index contributed by atoms with van der Waals surface area (Å²) in [5.41, 5.74) is -0.665. The highest BCUT2D eigenvalue weighted by molar-refractivity contribution is 5.95. The van der Waals surface area contributed by atoms with Gasteiger partial charge in [0, 0.05) is 19.4 Å². The molecule has 4 heteroatoms. The molecule has 0 aromatic carbocycles. The monoisotopic (exact) mass is 236 g/mol. The molecule has 1 fully saturated rings. The van der Waals surface area contributed by atoms with Gasteiger partial charge in [0.05, 0.1) is 17.1 Å². The van der Waals surface area contributed by atoms with Gasteiger partial charge in [-0.2, -0.15) is 0 Å². The van der Waals surface area contributed by atoms with Gasteiger partial charge in [-0.25, -0.2) is 4.98 Å². The van der Waals surface area contributed by atoms with Crippen molar-refractivity contribution in [2.75, 3.05) is 0 Å². The summed E-state index contributed by atoms with van der Waals surface area (Å²) in [7, 11) is 1.84. The predicted molar refractivity (Wildman–Crippen MR) is 64.9 cm³/mol. The van der Waals surface area contributed by atoms with Crippen LogP contribution in [0, 0.1) is 5.92 Å². The number of rotatable bonds is 2. The third kappa shape index (κ3) is 2.14. The summed E-state index contributed by atoms with van der Waals surface area (Å²) >= 11 is 0. The lowest BCUT2D eigenvalue weighted by molar-refractivity contribution is -0.0713. The van der Waals surface area contributed by atoms with E-state index in [2.05, 4.69) is 4.98 Å². The smallest absolute Gasteiger partial charge is 0.204 e. The van der Waals surface area contributed by atoms with E-state index in [-0.39, 0.29) is 17.3 Å². The highest BCUT2D eigenvalue weighted by Crippen LogP contribution is 2.43. The lowest BCUT2D eigenvalue weighted by Gasteiger charge is -2.26. The number of aromatic nitrogens is 2. The van der Waals surface area contributed by atoms with Gasteiger partial charge in [-0.3, -0.25) is 4.79 Å². The number of nitrogens with zero attached hydrogens (tertiary/aromatic N) is 2. The zero-order valence-electron chi connectivity index (χ0n) is 11.2. The second kappa shape index (κ2) is 3.67. The molecule has 1 saturated heterocycles. The van der Waals surface area contributed by atoms with E-state index in [0.29, 0.717) is 5.82 Å². The van der Waals surface area contributed by atoms with Gasteiger partial charge >= 0.3 is 0 Å². The van der Waals surface area contributed by atoms with Crippen molar-refractivity contribution in [1.29, 1.82) is 0 Å². The van der Waals surface area contributed by atoms with Gasteiger partial charge in [-0.05, 0) is 34.1 Å². The summed E-state index contributed by atoms with van der Waals surface area (Å²) in [4.78, 5) is 16.6. The average Bonchev–Trinajstić information content (AvgIpc) is 2.66. The van der Waals surface area contributed by atoms with Gasteiger partial charge in [0.25, 0.3) is 0 Å². The third-order valence-corrected chi connectivity index (χ3v) is 3.43. The van der Waals surface area contributed by atoms with Crippen LogP contribution in [0.5, 0.6) is 0 Å². The number of ether oxygens (including phenoxy) is 1. The van der Waals surface area contributed by atoms with Crippen molar-refractivity contribution in [2.45, 2.75) is 45.3 Å². The van der Waals surface area contributed by atoms with Gasteiger partial charge in [0.15, 0.2) is 5.82 Å². The molecule has 0 spiro atoms. The molecule has 0 N–H and O–H groups in total. The zero-order chi connectivity index (χ0) is 12.8. The average molecular weight is 236 g/mol. The molecule has 1 aliphatic rings. The lowest BCUT2D eigenvalue weighted by Crippen LogP contribution is -2.34. The molecule has 0 bridgehead atoms. The normalized spacial score (nSPS) is 26.1. The maximum absolute atomic E-state index is 12.5. The maximum atomic E-state index is 12.5. The topological polar surface area (TPSA) is 44.1 Å². The quantitative estimate of drug-likeness (QED) is 0.739. The first-order chi connectivity index (χ1) is 7.73. The Bertz CT molecular complexity index is 446. The van der Waals surface area contributed by atoms with Crippen LogP contribution in [-0.4, -0.2) is 26.5 Å². The SMILES string of the molecule is Cn1ccnc1C(=O)C1CC(C)(C)OC1(C)C. The van der Waals surface area contributed by atoms with E-state index in [9.17, 15) is 4.79 Å². The van der Waals surface area contributed by atoms with Crippen molar-refractivity contribution < 1.29 is 9.53 Å². The van der Waals surface area contributed by atoms with Crippen LogP contribution in [0.15, 0.2) is 12.4 Å². The van der Waals surface area contributed by atoms with E-state index in [1.807, 2.05) is 34.7 Å². The molecule has 1 aromatic heterocycles. The molecule has 17 heavy (non-hydrogen) atoms. The Morgan fingerprint density at radius 3 is 2.53 bits per heavy atom. The van der Waals surface area contributed by atoms with Gasteiger partial charge in [0.1, 0.15) is 0 Å². The maximum Gasteiger partial charge on any atom is 0.204 e. The summed E-state index contributed by atoms with van der Waals surface area (Å²) in [6.07, 6.45) is 4.19. The summed E-state index contributed by atoms with van der Waals surface area (Å²) in [6, 6.07) is 0. The first-order valence-corrected chi connectivity index (χ1v) is 5.95. The fourth-order valence-electron chi connectivity index (χ4n) is 2.73. The third-order valence-electron chi connectivity index (χ3n) is 3.43. The minimum atomic E-state index is -0.424. The summed E-state index contributed by atoms with van der Waals surface area (Å²) in [6.45, 7) is 8.02. The fourth-order valence-corrected chi connectivity index (χ4v) is 2.73. The largest absolute Gasteiger partial charge is 0.369 e. The van der Waals surface area contributed by atoms with Crippen molar-refractivity contribution in [2.24, 2.45) is 13.0 Å². The number of imidazole rings is 1. The molecule has 0 saturated carbocycles. The van der Waals surface area contributed by atoms with E-state index in [0.717, 1.165) is 6.42 Å². The number of hydrogen-bond acceptors (Lipinski definition) is 3. The van der Waals surface area contributed by atoms with Crippen LogP contribution in [0.25, 0.3) is 0 Å². The molecule has 0 radical (unpaired) electrons. The van der Waals surface area contributed by atoms with E-state index in [1.165, 1.54) is 0 Å². The Morgan fingerprint density at radius 2 is 2.12 bits per heavy atom. The van der Waals surface area contributed by atoms with Crippen molar-refractivity contribution in [3.8, 4) is 0 Å². The van der Waals surface area contributed by atoms with E-state index >= 15 is 0 Å². The van der Waals surface area contributed by atoms with E-state index in [4.69, 9.17) is 4.74 Å². The molecule has 1 aromatic rings. The van der Waals surface area contributed by atoms with Crippen LogP contribution in [-0.2, 0) is 11.8 Å². The molecule has 0 aliphatic carbocycles. The highest BCUT2D eigenvalue weighted by Gasteiger charge is 2.50. The number of Topliss-reactive ketones (excluding diaryl/α,β-unsaturated/α-hetero) is 1. The van der Waals surface area contributed by atoms with Gasteiger partial charge < -0.3 is 9.30 Å². The minimum Gasteiger partial charge on any atom is -0.369 e. The van der Waals surface area contributed by atoms with E-state index in [1.54, 1.807) is 17.0 Å². The molecule has 94 valence electrons. The summed E-state index contributed by atoms with van der Waals surface area (Å²) < 4.78 is 7.72. The molecule has 2 heterocycles. The number of carbonyl (C=O) groups is 1. The zero-order valence-corrected chi connectivity index (χ0v) is 11.2. The van der Waals surface area contributed by atoms with Crippen molar-refractivity contribution in [3.05, 3.63) is 18.2 Å². The van der Waals surface area contributed by atoms with Crippen molar-refractivity contribution >= 4 is 5.78 Å². The number of aryl methyl sites for hydroxylation is 1. The first-order valence-electron chi connectivity index (χ1n) is 5.95.